The lowest BCUT2D eigenvalue weighted by Gasteiger charge is -2.29. The van der Waals surface area contributed by atoms with Gasteiger partial charge in [-0.1, -0.05) is 59.5 Å². The largest absolute Gasteiger partial charge is 0.469 e. The zero-order chi connectivity index (χ0) is 31.2. The van der Waals surface area contributed by atoms with E-state index < -0.39 is 40.8 Å². The van der Waals surface area contributed by atoms with Crippen LogP contribution in [0.15, 0.2) is 99.4 Å². The Bertz CT molecular complexity index is 2030. The molecular weight excluding hydrogens is 615 g/mol. The van der Waals surface area contributed by atoms with Crippen LogP contribution in [0.25, 0.3) is 10.8 Å². The summed E-state index contributed by atoms with van der Waals surface area (Å²) in [6.07, 6.45) is 1.48. The van der Waals surface area contributed by atoms with Crippen LogP contribution in [-0.4, -0.2) is 40.1 Å². The Balaban J connectivity index is 1.22. The summed E-state index contributed by atoms with van der Waals surface area (Å²) >= 11 is 2.06. The van der Waals surface area contributed by atoms with Crippen LogP contribution in [0, 0.1) is 5.92 Å². The molecule has 2 aliphatic heterocycles. The second-order valence-corrected chi connectivity index (χ2v) is 12.7. The zero-order valence-electron chi connectivity index (χ0n) is 23.8. The minimum atomic E-state index is -0.869. The molecule has 0 saturated carbocycles. The highest BCUT2D eigenvalue weighted by molar-refractivity contribution is 8.00. The highest BCUT2D eigenvalue weighted by atomic mass is 32.2. The summed E-state index contributed by atoms with van der Waals surface area (Å²) in [7, 11) is 0. The van der Waals surface area contributed by atoms with Crippen molar-refractivity contribution in [3.8, 4) is 0 Å². The lowest BCUT2D eigenvalue weighted by Crippen LogP contribution is -2.32. The highest BCUT2D eigenvalue weighted by Gasteiger charge is 2.57. The van der Waals surface area contributed by atoms with Crippen molar-refractivity contribution in [3.05, 3.63) is 111 Å². The van der Waals surface area contributed by atoms with E-state index in [-0.39, 0.29) is 18.0 Å². The smallest absolute Gasteiger partial charge is 0.338 e. The monoisotopic (exact) mass is 639 g/mol. The number of benzene rings is 3. The normalized spacial score (nSPS) is 19.0. The molecule has 1 fully saturated rings. The van der Waals surface area contributed by atoms with Gasteiger partial charge in [-0.15, -0.1) is 0 Å². The number of carbonyl (C=O) groups is 4. The van der Waals surface area contributed by atoms with Gasteiger partial charge in [-0.2, -0.15) is 0 Å². The van der Waals surface area contributed by atoms with Crippen molar-refractivity contribution in [1.29, 1.82) is 0 Å². The number of thiazole rings is 1. The van der Waals surface area contributed by atoms with Crippen LogP contribution in [0.3, 0.4) is 0 Å². The number of carbonyl (C=O) groups excluding carboxylic acids is 4. The fourth-order valence-corrected chi connectivity index (χ4v) is 8.67. The molecule has 0 spiro atoms. The maximum Gasteiger partial charge on any atom is 0.338 e. The molecule has 45 heavy (non-hydrogen) atoms. The van der Waals surface area contributed by atoms with Gasteiger partial charge in [0.15, 0.2) is 0 Å². The number of rotatable bonds is 7. The number of esters is 1. The Morgan fingerprint density at radius 1 is 0.933 bits per heavy atom. The Morgan fingerprint density at radius 3 is 2.47 bits per heavy atom. The number of amides is 3. The molecule has 1 N–H and O–H groups in total. The average molecular weight is 640 g/mol. The Labute approximate surface area is 264 Å². The van der Waals surface area contributed by atoms with Crippen molar-refractivity contribution < 1.29 is 28.3 Å². The van der Waals surface area contributed by atoms with E-state index in [9.17, 15) is 24.0 Å². The first-order valence-corrected chi connectivity index (χ1v) is 15.9. The maximum atomic E-state index is 14.0. The summed E-state index contributed by atoms with van der Waals surface area (Å²) < 4.78 is 12.2. The van der Waals surface area contributed by atoms with Crippen LogP contribution in [0.2, 0.25) is 0 Å². The fourth-order valence-electron chi connectivity index (χ4n) is 5.91. The molecule has 2 aliphatic rings. The number of nitrogens with one attached hydrogen (secondary N) is 1. The topological polar surface area (TPSA) is 128 Å². The molecule has 2 aromatic heterocycles. The molecule has 226 valence electrons. The molecule has 3 unspecified atom stereocenters. The summed E-state index contributed by atoms with van der Waals surface area (Å²) in [5.74, 6) is -2.90. The molecule has 0 aliphatic carbocycles. The van der Waals surface area contributed by atoms with Crippen LogP contribution in [0.1, 0.15) is 33.8 Å². The second kappa shape index (κ2) is 11.5. The first-order chi connectivity index (χ1) is 21.9. The number of anilines is 2. The van der Waals surface area contributed by atoms with E-state index in [0.717, 1.165) is 38.8 Å². The van der Waals surface area contributed by atoms with E-state index in [4.69, 9.17) is 9.15 Å². The molecule has 4 heterocycles. The van der Waals surface area contributed by atoms with Gasteiger partial charge in [-0.25, -0.2) is 9.69 Å². The number of ether oxygens (including phenoxy) is 1. The fraction of sp³-hybridized carbons (Fsp3) is 0.182. The summed E-state index contributed by atoms with van der Waals surface area (Å²) in [5.41, 5.74) is 1.24. The third-order valence-corrected chi connectivity index (χ3v) is 10.5. The number of hydrogen-bond donors (Lipinski definition) is 1. The van der Waals surface area contributed by atoms with Crippen molar-refractivity contribution in [1.82, 2.24) is 4.57 Å². The molecule has 3 atom stereocenters. The van der Waals surface area contributed by atoms with Gasteiger partial charge in [0.2, 0.25) is 17.7 Å². The van der Waals surface area contributed by atoms with Gasteiger partial charge in [0.25, 0.3) is 0 Å². The Morgan fingerprint density at radius 2 is 1.71 bits per heavy atom. The second-order valence-electron chi connectivity index (χ2n) is 10.5. The summed E-state index contributed by atoms with van der Waals surface area (Å²) in [6.45, 7) is 1.65. The SMILES string of the molecule is CCOC(=O)c1ccc(N2C(=O)C3Sc4c(sc(=O)n4CC(=O)Nc4cccc5ccccc45)C(c4ccco4)C3C2=O)cc1. The average Bonchev–Trinajstić information content (AvgIpc) is 3.74. The molecule has 3 amide bonds. The minimum absolute atomic E-state index is 0.221. The van der Waals surface area contributed by atoms with Gasteiger partial charge >= 0.3 is 10.8 Å². The molecular formula is C33H25N3O7S2. The molecule has 0 radical (unpaired) electrons. The van der Waals surface area contributed by atoms with Crippen LogP contribution in [-0.2, 0) is 25.7 Å². The molecule has 10 nitrogen and oxygen atoms in total. The van der Waals surface area contributed by atoms with Gasteiger partial charge in [-0.05, 0) is 54.8 Å². The summed E-state index contributed by atoms with van der Waals surface area (Å²) in [4.78, 5) is 68.0. The van der Waals surface area contributed by atoms with E-state index in [1.54, 1.807) is 25.1 Å². The van der Waals surface area contributed by atoms with E-state index in [1.807, 2.05) is 36.4 Å². The number of nitrogens with zero attached hydrogens (tertiary/aromatic N) is 2. The highest BCUT2D eigenvalue weighted by Crippen LogP contribution is 2.54. The summed E-state index contributed by atoms with van der Waals surface area (Å²) in [6, 6.07) is 22.8. The quantitative estimate of drug-likeness (QED) is 0.189. The van der Waals surface area contributed by atoms with Crippen molar-refractivity contribution >= 4 is 68.9 Å². The molecule has 7 rings (SSSR count). The Hall–Kier alpha value is -4.94. The lowest BCUT2D eigenvalue weighted by molar-refractivity contribution is -0.122. The predicted octanol–water partition coefficient (Wildman–Crippen LogP) is 5.27. The molecule has 3 aromatic carbocycles. The van der Waals surface area contributed by atoms with Crippen LogP contribution in [0.5, 0.6) is 0 Å². The minimum Gasteiger partial charge on any atom is -0.469 e. The third kappa shape index (κ3) is 4.95. The van der Waals surface area contributed by atoms with E-state index in [0.29, 0.717) is 32.6 Å². The van der Waals surface area contributed by atoms with Crippen molar-refractivity contribution in [2.45, 2.75) is 29.7 Å². The standard InChI is InChI=1S/C33H25N3O7S2/c1-2-42-32(40)19-12-14-20(15-13-19)36-29(38)26-25(23-11-6-16-43-23)28-31(44-27(26)30(36)39)35(33(41)45-28)17-24(37)34-22-10-5-8-18-7-3-4-9-21(18)22/h3-16,25-27H,2,17H2,1H3,(H,34,37). The maximum absolute atomic E-state index is 14.0. The van der Waals surface area contributed by atoms with Crippen LogP contribution in [0.4, 0.5) is 11.4 Å². The van der Waals surface area contributed by atoms with Crippen molar-refractivity contribution in [2.24, 2.45) is 5.92 Å². The molecule has 5 aromatic rings. The van der Waals surface area contributed by atoms with Gasteiger partial charge in [-0.3, -0.25) is 23.7 Å². The van der Waals surface area contributed by atoms with Gasteiger partial charge < -0.3 is 14.5 Å². The van der Waals surface area contributed by atoms with Crippen molar-refractivity contribution in [3.63, 3.8) is 0 Å². The first kappa shape index (κ1) is 28.8. The molecule has 1 saturated heterocycles. The number of thioether (sulfide) groups is 1. The first-order valence-electron chi connectivity index (χ1n) is 14.2. The van der Waals surface area contributed by atoms with Gasteiger partial charge in [0.1, 0.15) is 17.6 Å². The molecule has 0 bridgehead atoms. The van der Waals surface area contributed by atoms with Crippen molar-refractivity contribution in [2.75, 3.05) is 16.8 Å². The third-order valence-electron chi connectivity index (χ3n) is 7.90. The zero-order valence-corrected chi connectivity index (χ0v) is 25.4. The van der Waals surface area contributed by atoms with E-state index >= 15 is 0 Å². The number of fused-ring (bicyclic) bond motifs is 3. The van der Waals surface area contributed by atoms with Gasteiger partial charge in [0.05, 0.1) is 45.9 Å². The number of furan rings is 1. The number of imide groups is 1. The number of hydrogen-bond acceptors (Lipinski definition) is 9. The van der Waals surface area contributed by atoms with Crippen LogP contribution < -0.4 is 15.1 Å². The van der Waals surface area contributed by atoms with E-state index in [2.05, 4.69) is 5.32 Å². The van der Waals surface area contributed by atoms with Crippen LogP contribution >= 0.6 is 23.1 Å². The number of aromatic nitrogens is 1. The lowest BCUT2D eigenvalue weighted by atomic mass is 9.87. The van der Waals surface area contributed by atoms with Gasteiger partial charge in [0, 0.05) is 11.1 Å². The molecule has 12 heteroatoms. The van der Waals surface area contributed by atoms with E-state index in [1.165, 1.54) is 35.1 Å². The summed E-state index contributed by atoms with van der Waals surface area (Å²) in [5, 5.41) is 4.35. The predicted molar refractivity (Wildman–Crippen MR) is 170 cm³/mol. The Kier molecular flexibility index (Phi) is 7.38.